The second-order valence-electron chi connectivity index (χ2n) is 3.46. The van der Waals surface area contributed by atoms with E-state index >= 15 is 0 Å². The monoisotopic (exact) mass is 212 g/mol. The van der Waals surface area contributed by atoms with E-state index in [0.717, 1.165) is 29.4 Å². The molecular formula is C11H17ClN2. The summed E-state index contributed by atoms with van der Waals surface area (Å²) in [5, 5.41) is 4.15. The van der Waals surface area contributed by atoms with Crippen LogP contribution in [0, 0.1) is 0 Å². The molecule has 0 atom stereocenters. The molecule has 0 aromatic heterocycles. The molecule has 0 bridgehead atoms. The van der Waals surface area contributed by atoms with Crippen LogP contribution in [0.25, 0.3) is 0 Å². The molecule has 0 saturated carbocycles. The third-order valence-electron chi connectivity index (χ3n) is 2.00. The first-order valence-corrected chi connectivity index (χ1v) is 5.24. The van der Waals surface area contributed by atoms with E-state index in [9.17, 15) is 0 Å². The number of hydrogen-bond acceptors (Lipinski definition) is 2. The van der Waals surface area contributed by atoms with Gasteiger partial charge in [0.05, 0.1) is 16.4 Å². The highest BCUT2D eigenvalue weighted by Crippen LogP contribution is 2.32. The van der Waals surface area contributed by atoms with Gasteiger partial charge in [-0.3, -0.25) is 0 Å². The minimum atomic E-state index is 0.788. The predicted molar refractivity (Wildman–Crippen MR) is 64.6 cm³/mol. The molecule has 1 aromatic carbocycles. The Morgan fingerprint density at radius 2 is 2.07 bits per heavy atom. The minimum absolute atomic E-state index is 0.788. The summed E-state index contributed by atoms with van der Waals surface area (Å²) in [4.78, 5) is 2.03. The topological polar surface area (TPSA) is 15.3 Å². The zero-order valence-electron chi connectivity index (χ0n) is 8.97. The number of nitrogens with one attached hydrogen (secondary N) is 1. The lowest BCUT2D eigenvalue weighted by Crippen LogP contribution is -2.13. The van der Waals surface area contributed by atoms with Gasteiger partial charge in [0, 0.05) is 20.6 Å². The van der Waals surface area contributed by atoms with Crippen LogP contribution < -0.4 is 10.2 Å². The van der Waals surface area contributed by atoms with Crippen LogP contribution in [-0.2, 0) is 0 Å². The molecule has 78 valence electrons. The summed E-state index contributed by atoms with van der Waals surface area (Å²) in [6, 6.07) is 5.93. The lowest BCUT2D eigenvalue weighted by atomic mass is 10.2. The third-order valence-corrected chi connectivity index (χ3v) is 2.30. The minimum Gasteiger partial charge on any atom is -0.383 e. The van der Waals surface area contributed by atoms with E-state index in [2.05, 4.69) is 18.3 Å². The van der Waals surface area contributed by atoms with E-state index in [-0.39, 0.29) is 0 Å². The van der Waals surface area contributed by atoms with Crippen molar-refractivity contribution >= 4 is 23.0 Å². The molecule has 3 heteroatoms. The molecule has 0 radical (unpaired) electrons. The highest BCUT2D eigenvalue weighted by molar-refractivity contribution is 6.34. The van der Waals surface area contributed by atoms with Gasteiger partial charge in [-0.05, 0) is 18.6 Å². The number of rotatable bonds is 4. The van der Waals surface area contributed by atoms with Crippen LogP contribution in [-0.4, -0.2) is 20.6 Å². The van der Waals surface area contributed by atoms with Crippen molar-refractivity contribution in [3.05, 3.63) is 23.2 Å². The van der Waals surface area contributed by atoms with Crippen LogP contribution in [0.5, 0.6) is 0 Å². The molecule has 0 amide bonds. The zero-order chi connectivity index (χ0) is 10.6. The molecule has 1 N–H and O–H groups in total. The summed E-state index contributed by atoms with van der Waals surface area (Å²) in [6.45, 7) is 3.12. The van der Waals surface area contributed by atoms with E-state index in [0.29, 0.717) is 0 Å². The van der Waals surface area contributed by atoms with Gasteiger partial charge in [0.25, 0.3) is 0 Å². The van der Waals surface area contributed by atoms with Gasteiger partial charge in [-0.2, -0.15) is 0 Å². The maximum absolute atomic E-state index is 6.12. The maximum atomic E-state index is 6.12. The highest BCUT2D eigenvalue weighted by atomic mass is 35.5. The molecule has 0 fully saturated rings. The molecule has 0 saturated heterocycles. The SMILES string of the molecule is CCCNc1cccc(Cl)c1N(C)C. The van der Waals surface area contributed by atoms with Crippen LogP contribution >= 0.6 is 11.6 Å². The van der Waals surface area contributed by atoms with Gasteiger partial charge >= 0.3 is 0 Å². The molecule has 1 rings (SSSR count). The lowest BCUT2D eigenvalue weighted by molar-refractivity contribution is 0.976. The molecule has 0 aliphatic heterocycles. The van der Waals surface area contributed by atoms with Gasteiger partial charge in [0.1, 0.15) is 0 Å². The van der Waals surface area contributed by atoms with Gasteiger partial charge in [0.2, 0.25) is 0 Å². The second kappa shape index (κ2) is 5.11. The van der Waals surface area contributed by atoms with Gasteiger partial charge in [-0.15, -0.1) is 0 Å². The molecule has 0 unspecified atom stereocenters. The first-order chi connectivity index (χ1) is 6.66. The van der Waals surface area contributed by atoms with Crippen LogP contribution in [0.1, 0.15) is 13.3 Å². The Kier molecular flexibility index (Phi) is 4.08. The van der Waals surface area contributed by atoms with E-state index < -0.39 is 0 Å². The van der Waals surface area contributed by atoms with Gasteiger partial charge in [-0.25, -0.2) is 0 Å². The van der Waals surface area contributed by atoms with Gasteiger partial charge in [-0.1, -0.05) is 24.6 Å². The van der Waals surface area contributed by atoms with E-state index in [1.165, 1.54) is 0 Å². The quantitative estimate of drug-likeness (QED) is 0.825. The molecule has 2 nitrogen and oxygen atoms in total. The molecular weight excluding hydrogens is 196 g/mol. The molecule has 0 aliphatic rings. The van der Waals surface area contributed by atoms with E-state index in [1.54, 1.807) is 0 Å². The Bertz CT molecular complexity index is 297. The van der Waals surface area contributed by atoms with Crippen molar-refractivity contribution in [3.8, 4) is 0 Å². The van der Waals surface area contributed by atoms with Crippen molar-refractivity contribution in [1.82, 2.24) is 0 Å². The lowest BCUT2D eigenvalue weighted by Gasteiger charge is -2.19. The molecule has 1 aromatic rings. The summed E-state index contributed by atoms with van der Waals surface area (Å²) < 4.78 is 0. The smallest absolute Gasteiger partial charge is 0.0786 e. The van der Waals surface area contributed by atoms with Gasteiger partial charge < -0.3 is 10.2 Å². The first-order valence-electron chi connectivity index (χ1n) is 4.86. The summed E-state index contributed by atoms with van der Waals surface area (Å²) in [5.41, 5.74) is 2.16. The predicted octanol–water partition coefficient (Wildman–Crippen LogP) is 3.23. The Hall–Kier alpha value is -0.890. The van der Waals surface area contributed by atoms with Crippen LogP contribution in [0.4, 0.5) is 11.4 Å². The first kappa shape index (κ1) is 11.2. The fourth-order valence-corrected chi connectivity index (χ4v) is 1.72. The second-order valence-corrected chi connectivity index (χ2v) is 3.86. The molecule has 0 aliphatic carbocycles. The maximum Gasteiger partial charge on any atom is 0.0786 e. The third kappa shape index (κ3) is 2.55. The summed E-state index contributed by atoms with van der Waals surface area (Å²) in [5.74, 6) is 0. The van der Waals surface area contributed by atoms with Crippen molar-refractivity contribution in [2.45, 2.75) is 13.3 Å². The van der Waals surface area contributed by atoms with Crippen molar-refractivity contribution < 1.29 is 0 Å². The number of anilines is 2. The number of benzene rings is 1. The van der Waals surface area contributed by atoms with Crippen molar-refractivity contribution in [2.24, 2.45) is 0 Å². The van der Waals surface area contributed by atoms with Crippen LogP contribution in [0.2, 0.25) is 5.02 Å². The average molecular weight is 213 g/mol. The number of nitrogens with zero attached hydrogens (tertiary/aromatic N) is 1. The number of hydrogen-bond donors (Lipinski definition) is 1. The summed E-state index contributed by atoms with van der Waals surface area (Å²) >= 11 is 6.12. The van der Waals surface area contributed by atoms with Crippen molar-refractivity contribution in [2.75, 3.05) is 30.9 Å². The Morgan fingerprint density at radius 1 is 1.36 bits per heavy atom. The van der Waals surface area contributed by atoms with Crippen molar-refractivity contribution in [3.63, 3.8) is 0 Å². The average Bonchev–Trinajstić information content (AvgIpc) is 2.14. The molecule has 14 heavy (non-hydrogen) atoms. The summed E-state index contributed by atoms with van der Waals surface area (Å²) in [6.07, 6.45) is 1.11. The molecule has 0 heterocycles. The zero-order valence-corrected chi connectivity index (χ0v) is 9.73. The Balaban J connectivity index is 2.96. The highest BCUT2D eigenvalue weighted by Gasteiger charge is 2.07. The largest absolute Gasteiger partial charge is 0.383 e. The number of para-hydroxylation sites is 1. The fourth-order valence-electron chi connectivity index (χ4n) is 1.37. The van der Waals surface area contributed by atoms with E-state index in [4.69, 9.17) is 11.6 Å². The number of halogens is 1. The van der Waals surface area contributed by atoms with Gasteiger partial charge in [0.15, 0.2) is 0 Å². The van der Waals surface area contributed by atoms with Crippen LogP contribution in [0.15, 0.2) is 18.2 Å². The van der Waals surface area contributed by atoms with E-state index in [1.807, 2.05) is 31.1 Å². The Labute approximate surface area is 90.9 Å². The fraction of sp³-hybridized carbons (Fsp3) is 0.455. The summed E-state index contributed by atoms with van der Waals surface area (Å²) in [7, 11) is 4.00. The van der Waals surface area contributed by atoms with Crippen molar-refractivity contribution in [1.29, 1.82) is 0 Å². The normalized spacial score (nSPS) is 10.0. The van der Waals surface area contributed by atoms with Crippen LogP contribution in [0.3, 0.4) is 0 Å². The molecule has 0 spiro atoms. The Morgan fingerprint density at radius 3 is 2.64 bits per heavy atom. The standard InChI is InChI=1S/C11H17ClN2/c1-4-8-13-10-7-5-6-9(12)11(10)14(2)3/h5-7,13H,4,8H2,1-3H3.